The quantitative estimate of drug-likeness (QED) is 0.799. The predicted octanol–water partition coefficient (Wildman–Crippen LogP) is 2.90. The molecule has 4 N–H and O–H groups in total. The first-order chi connectivity index (χ1) is 10.0. The van der Waals surface area contributed by atoms with Gasteiger partial charge in [0.1, 0.15) is 0 Å². The van der Waals surface area contributed by atoms with Gasteiger partial charge in [0, 0.05) is 16.8 Å². The second-order valence-corrected chi connectivity index (χ2v) is 6.99. The Morgan fingerprint density at radius 1 is 1.14 bits per heavy atom. The summed E-state index contributed by atoms with van der Waals surface area (Å²) in [5.74, 6) is -0.240. The number of nitrogens with one attached hydrogen (secondary N) is 2. The highest BCUT2D eigenvalue weighted by Crippen LogP contribution is 2.23. The molecule has 22 heavy (non-hydrogen) atoms. The van der Waals surface area contributed by atoms with Crippen molar-refractivity contribution in [3.8, 4) is 0 Å². The zero-order valence-electron chi connectivity index (χ0n) is 14.3. The van der Waals surface area contributed by atoms with E-state index in [4.69, 9.17) is 5.73 Å². The molecule has 5 nitrogen and oxygen atoms in total. The van der Waals surface area contributed by atoms with Crippen LogP contribution in [0.5, 0.6) is 0 Å². The van der Waals surface area contributed by atoms with Crippen LogP contribution in [0.2, 0.25) is 0 Å². The third kappa shape index (κ3) is 4.84. The lowest BCUT2D eigenvalue weighted by Crippen LogP contribution is -2.39. The number of benzene rings is 1. The van der Waals surface area contributed by atoms with Crippen molar-refractivity contribution < 1.29 is 9.59 Å². The molecule has 0 unspecified atom stereocenters. The van der Waals surface area contributed by atoms with E-state index in [2.05, 4.69) is 10.6 Å². The van der Waals surface area contributed by atoms with Gasteiger partial charge in [-0.25, -0.2) is 0 Å². The van der Waals surface area contributed by atoms with Crippen LogP contribution < -0.4 is 16.4 Å². The number of aryl methyl sites for hydroxylation is 1. The average molecular weight is 305 g/mol. The number of amides is 2. The lowest BCUT2D eigenvalue weighted by atomic mass is 9.95. The molecular formula is C17H27N3O2. The van der Waals surface area contributed by atoms with E-state index >= 15 is 0 Å². The first-order valence-electron chi connectivity index (χ1n) is 7.51. The van der Waals surface area contributed by atoms with Crippen molar-refractivity contribution in [2.45, 2.75) is 47.6 Å². The van der Waals surface area contributed by atoms with E-state index in [9.17, 15) is 9.59 Å². The average Bonchev–Trinajstić information content (AvgIpc) is 2.40. The van der Waals surface area contributed by atoms with Gasteiger partial charge in [0.2, 0.25) is 11.8 Å². The molecule has 0 fully saturated rings. The Morgan fingerprint density at radius 2 is 1.73 bits per heavy atom. The van der Waals surface area contributed by atoms with Crippen LogP contribution in [-0.2, 0) is 9.59 Å². The number of hydrogen-bond acceptors (Lipinski definition) is 3. The minimum absolute atomic E-state index is 0.0607. The molecule has 0 saturated carbocycles. The maximum absolute atomic E-state index is 12.1. The summed E-state index contributed by atoms with van der Waals surface area (Å²) in [6.45, 7) is 11.3. The Bertz CT molecular complexity index is 560. The SMILES string of the molecule is Cc1ccc(NC(=O)[C@@H](N)C(C)C)cc1NC(=O)C(C)(C)C. The molecule has 122 valence electrons. The van der Waals surface area contributed by atoms with E-state index in [1.807, 2.05) is 47.6 Å². The van der Waals surface area contributed by atoms with Crippen LogP contribution in [0, 0.1) is 18.3 Å². The molecule has 0 saturated heterocycles. The Morgan fingerprint density at radius 3 is 2.23 bits per heavy atom. The number of hydrogen-bond donors (Lipinski definition) is 3. The smallest absolute Gasteiger partial charge is 0.241 e. The number of carbonyl (C=O) groups excluding carboxylic acids is 2. The largest absolute Gasteiger partial charge is 0.325 e. The normalized spacial score (nSPS) is 12.9. The summed E-state index contributed by atoms with van der Waals surface area (Å²) in [4.78, 5) is 24.1. The van der Waals surface area contributed by atoms with Crippen LogP contribution in [0.4, 0.5) is 11.4 Å². The van der Waals surface area contributed by atoms with E-state index in [1.54, 1.807) is 12.1 Å². The van der Waals surface area contributed by atoms with Crippen LogP contribution in [0.25, 0.3) is 0 Å². The second-order valence-electron chi connectivity index (χ2n) is 6.99. The fourth-order valence-electron chi connectivity index (χ4n) is 1.67. The first kappa shape index (κ1) is 18.2. The predicted molar refractivity (Wildman–Crippen MR) is 90.7 cm³/mol. The van der Waals surface area contributed by atoms with Gasteiger partial charge in [-0.3, -0.25) is 9.59 Å². The summed E-state index contributed by atoms with van der Waals surface area (Å²) in [5, 5.41) is 5.68. The van der Waals surface area contributed by atoms with Gasteiger partial charge in [0.25, 0.3) is 0 Å². The lowest BCUT2D eigenvalue weighted by Gasteiger charge is -2.20. The summed E-state index contributed by atoms with van der Waals surface area (Å²) < 4.78 is 0. The van der Waals surface area contributed by atoms with E-state index < -0.39 is 11.5 Å². The van der Waals surface area contributed by atoms with Gasteiger partial charge < -0.3 is 16.4 Å². The van der Waals surface area contributed by atoms with Crippen molar-refractivity contribution in [1.29, 1.82) is 0 Å². The lowest BCUT2D eigenvalue weighted by molar-refractivity contribution is -0.123. The molecule has 1 rings (SSSR count). The van der Waals surface area contributed by atoms with E-state index in [-0.39, 0.29) is 17.7 Å². The maximum atomic E-state index is 12.1. The highest BCUT2D eigenvalue weighted by Gasteiger charge is 2.22. The molecule has 1 aromatic rings. The van der Waals surface area contributed by atoms with Crippen LogP contribution in [0.15, 0.2) is 18.2 Å². The monoisotopic (exact) mass is 305 g/mol. The van der Waals surface area contributed by atoms with Crippen LogP contribution in [-0.4, -0.2) is 17.9 Å². The highest BCUT2D eigenvalue weighted by atomic mass is 16.2. The molecule has 0 aliphatic heterocycles. The van der Waals surface area contributed by atoms with Gasteiger partial charge in [-0.05, 0) is 30.5 Å². The van der Waals surface area contributed by atoms with Gasteiger partial charge in [-0.1, -0.05) is 40.7 Å². The summed E-state index contributed by atoms with van der Waals surface area (Å²) in [6.07, 6.45) is 0. The second kappa shape index (κ2) is 6.92. The van der Waals surface area contributed by atoms with Crippen LogP contribution in [0.3, 0.4) is 0 Å². The molecule has 1 atom stereocenters. The fourth-order valence-corrected chi connectivity index (χ4v) is 1.67. The summed E-state index contributed by atoms with van der Waals surface area (Å²) in [5.41, 5.74) is 7.60. The number of carbonyl (C=O) groups is 2. The topological polar surface area (TPSA) is 84.2 Å². The minimum Gasteiger partial charge on any atom is -0.325 e. The molecule has 0 heterocycles. The Labute approximate surface area is 132 Å². The van der Waals surface area contributed by atoms with Gasteiger partial charge in [0.05, 0.1) is 6.04 Å². The van der Waals surface area contributed by atoms with Crippen molar-refractivity contribution in [3.63, 3.8) is 0 Å². The molecule has 0 aliphatic rings. The molecule has 2 amide bonds. The van der Waals surface area contributed by atoms with Gasteiger partial charge in [-0.2, -0.15) is 0 Å². The highest BCUT2D eigenvalue weighted by molar-refractivity contribution is 5.98. The van der Waals surface area contributed by atoms with Crippen molar-refractivity contribution in [1.82, 2.24) is 0 Å². The van der Waals surface area contributed by atoms with Crippen molar-refractivity contribution in [3.05, 3.63) is 23.8 Å². The zero-order valence-corrected chi connectivity index (χ0v) is 14.3. The van der Waals surface area contributed by atoms with Crippen LogP contribution in [0.1, 0.15) is 40.2 Å². The Balaban J connectivity index is 2.91. The molecule has 0 spiro atoms. The summed E-state index contributed by atoms with van der Waals surface area (Å²) >= 11 is 0. The molecule has 0 aliphatic carbocycles. The Kier molecular flexibility index (Phi) is 5.72. The maximum Gasteiger partial charge on any atom is 0.241 e. The van der Waals surface area contributed by atoms with E-state index in [0.29, 0.717) is 11.4 Å². The third-order valence-corrected chi connectivity index (χ3v) is 3.46. The van der Waals surface area contributed by atoms with Crippen molar-refractivity contribution in [2.24, 2.45) is 17.1 Å². The Hall–Kier alpha value is -1.88. The standard InChI is InChI=1S/C17H27N3O2/c1-10(2)14(18)15(21)19-12-8-7-11(3)13(9-12)20-16(22)17(4,5)6/h7-10,14H,18H2,1-6H3,(H,19,21)(H,20,22)/t14-/m0/s1. The molecular weight excluding hydrogens is 278 g/mol. The minimum atomic E-state index is -0.561. The van der Waals surface area contributed by atoms with Crippen molar-refractivity contribution in [2.75, 3.05) is 10.6 Å². The molecule has 5 heteroatoms. The third-order valence-electron chi connectivity index (χ3n) is 3.46. The molecule has 0 aromatic heterocycles. The fraction of sp³-hybridized carbons (Fsp3) is 0.529. The number of anilines is 2. The molecule has 0 radical (unpaired) electrons. The zero-order chi connectivity index (χ0) is 17.1. The van der Waals surface area contributed by atoms with Crippen molar-refractivity contribution >= 4 is 23.2 Å². The van der Waals surface area contributed by atoms with Crippen LogP contribution >= 0.6 is 0 Å². The first-order valence-corrected chi connectivity index (χ1v) is 7.51. The van der Waals surface area contributed by atoms with E-state index in [1.165, 1.54) is 0 Å². The number of nitrogens with two attached hydrogens (primary N) is 1. The molecule has 1 aromatic carbocycles. The summed E-state index contributed by atoms with van der Waals surface area (Å²) in [7, 11) is 0. The molecule has 0 bridgehead atoms. The van der Waals surface area contributed by atoms with Gasteiger partial charge in [0.15, 0.2) is 0 Å². The van der Waals surface area contributed by atoms with Gasteiger partial charge in [-0.15, -0.1) is 0 Å². The van der Waals surface area contributed by atoms with Gasteiger partial charge >= 0.3 is 0 Å². The van der Waals surface area contributed by atoms with E-state index in [0.717, 1.165) is 5.56 Å². The summed E-state index contributed by atoms with van der Waals surface area (Å²) in [6, 6.07) is 4.85. The number of rotatable bonds is 4.